The van der Waals surface area contributed by atoms with E-state index in [4.69, 9.17) is 14.3 Å². The number of allylic oxidation sites excluding steroid dienone is 2. The standard InChI is InChI=1S/C15H25O4P/c1-10-8-11(14(2,3)4)9-12(15(5,6)7)13(10)19-20(16,17)18/h8-9,13H,1H2,2-7H3,(H2,16,17,18). The summed E-state index contributed by atoms with van der Waals surface area (Å²) in [7, 11) is -4.57. The van der Waals surface area contributed by atoms with Gasteiger partial charge in [0.05, 0.1) is 0 Å². The normalized spacial score (nSPS) is 21.6. The van der Waals surface area contributed by atoms with Crippen molar-refractivity contribution in [1.82, 2.24) is 0 Å². The van der Waals surface area contributed by atoms with E-state index in [0.29, 0.717) is 5.57 Å². The van der Waals surface area contributed by atoms with Gasteiger partial charge in [-0.1, -0.05) is 60.3 Å². The molecule has 0 saturated carbocycles. The third-order valence-corrected chi connectivity index (χ3v) is 3.73. The van der Waals surface area contributed by atoms with Gasteiger partial charge in [-0.05, 0) is 27.5 Å². The Bertz CT molecular complexity index is 509. The highest BCUT2D eigenvalue weighted by Gasteiger charge is 2.36. The van der Waals surface area contributed by atoms with E-state index in [2.05, 4.69) is 27.4 Å². The Morgan fingerprint density at radius 1 is 1.10 bits per heavy atom. The first-order valence-corrected chi connectivity index (χ1v) is 8.12. The molecule has 1 aliphatic rings. The molecule has 0 saturated heterocycles. The number of phosphoric ester groups is 1. The number of phosphoric acid groups is 1. The fraction of sp³-hybridized carbons (Fsp3) is 0.600. The molecule has 20 heavy (non-hydrogen) atoms. The molecule has 0 fully saturated rings. The molecule has 0 aromatic heterocycles. The molecule has 1 unspecified atom stereocenters. The van der Waals surface area contributed by atoms with Crippen LogP contribution in [0.4, 0.5) is 0 Å². The van der Waals surface area contributed by atoms with E-state index in [0.717, 1.165) is 11.1 Å². The molecule has 0 bridgehead atoms. The maximum atomic E-state index is 11.2. The molecule has 0 aromatic rings. The molecule has 0 spiro atoms. The van der Waals surface area contributed by atoms with Crippen molar-refractivity contribution in [1.29, 1.82) is 0 Å². The molecule has 0 amide bonds. The molecular formula is C15H25O4P. The Labute approximate surface area is 121 Å². The minimum Gasteiger partial charge on any atom is -0.303 e. The molecule has 0 aromatic carbocycles. The van der Waals surface area contributed by atoms with Crippen LogP contribution < -0.4 is 0 Å². The molecule has 5 heteroatoms. The Balaban J connectivity index is 3.31. The summed E-state index contributed by atoms with van der Waals surface area (Å²) >= 11 is 0. The van der Waals surface area contributed by atoms with Crippen LogP contribution >= 0.6 is 7.82 Å². The third-order valence-electron chi connectivity index (χ3n) is 3.25. The highest BCUT2D eigenvalue weighted by atomic mass is 31.2. The molecule has 0 radical (unpaired) electrons. The Kier molecular flexibility index (Phi) is 4.58. The van der Waals surface area contributed by atoms with Crippen LogP contribution in [0.15, 0.2) is 35.5 Å². The molecule has 114 valence electrons. The van der Waals surface area contributed by atoms with Crippen molar-refractivity contribution in [3.63, 3.8) is 0 Å². The van der Waals surface area contributed by atoms with E-state index < -0.39 is 13.9 Å². The van der Waals surface area contributed by atoms with Crippen molar-refractivity contribution in [3.8, 4) is 0 Å². The summed E-state index contributed by atoms with van der Waals surface area (Å²) in [5.41, 5.74) is 2.15. The molecule has 0 aliphatic heterocycles. The van der Waals surface area contributed by atoms with Crippen LogP contribution in [-0.4, -0.2) is 15.9 Å². The second kappa shape index (κ2) is 5.27. The minimum atomic E-state index is -4.57. The number of hydrogen-bond acceptors (Lipinski definition) is 2. The van der Waals surface area contributed by atoms with Crippen LogP contribution in [0.2, 0.25) is 0 Å². The molecule has 1 atom stereocenters. The zero-order chi connectivity index (χ0) is 15.9. The van der Waals surface area contributed by atoms with Crippen LogP contribution in [0.25, 0.3) is 0 Å². The smallest absolute Gasteiger partial charge is 0.303 e. The van der Waals surface area contributed by atoms with Crippen molar-refractivity contribution in [2.75, 3.05) is 0 Å². The topological polar surface area (TPSA) is 66.8 Å². The minimum absolute atomic E-state index is 0.0630. The molecule has 1 aliphatic carbocycles. The van der Waals surface area contributed by atoms with E-state index in [9.17, 15) is 4.57 Å². The molecule has 2 N–H and O–H groups in total. The summed E-state index contributed by atoms with van der Waals surface area (Å²) in [6.07, 6.45) is 3.06. The van der Waals surface area contributed by atoms with E-state index in [1.54, 1.807) is 0 Å². The first-order valence-electron chi connectivity index (χ1n) is 6.59. The van der Waals surface area contributed by atoms with Crippen LogP contribution in [0.3, 0.4) is 0 Å². The summed E-state index contributed by atoms with van der Waals surface area (Å²) in [5, 5.41) is 0. The highest BCUT2D eigenvalue weighted by molar-refractivity contribution is 7.46. The molecule has 1 rings (SSSR count). The van der Waals surface area contributed by atoms with Crippen LogP contribution in [0.1, 0.15) is 41.5 Å². The summed E-state index contributed by atoms with van der Waals surface area (Å²) in [6.45, 7) is 16.2. The predicted octanol–water partition coefficient (Wildman–Crippen LogP) is 3.98. The van der Waals surface area contributed by atoms with E-state index in [1.807, 2.05) is 32.9 Å². The maximum Gasteiger partial charge on any atom is 0.470 e. The molecule has 4 nitrogen and oxygen atoms in total. The SMILES string of the molecule is C=C1C=C(C(C)(C)C)C=C(C(C)(C)C)C1OP(=O)(O)O. The fourth-order valence-corrected chi connectivity index (χ4v) is 2.59. The first-order chi connectivity index (χ1) is 8.72. The van der Waals surface area contributed by atoms with E-state index in [1.165, 1.54) is 0 Å². The second-order valence-electron chi connectivity index (χ2n) is 7.25. The van der Waals surface area contributed by atoms with Gasteiger partial charge in [-0.2, -0.15) is 0 Å². The Hall–Kier alpha value is -0.670. The monoisotopic (exact) mass is 300 g/mol. The van der Waals surface area contributed by atoms with Gasteiger partial charge >= 0.3 is 7.82 Å². The van der Waals surface area contributed by atoms with Gasteiger partial charge in [-0.3, -0.25) is 4.52 Å². The Morgan fingerprint density at radius 3 is 1.95 bits per heavy atom. The summed E-state index contributed by atoms with van der Waals surface area (Å²) in [4.78, 5) is 18.2. The van der Waals surface area contributed by atoms with Gasteiger partial charge in [0.2, 0.25) is 0 Å². The second-order valence-corrected chi connectivity index (χ2v) is 8.44. The average Bonchev–Trinajstić information content (AvgIpc) is 2.15. The quantitative estimate of drug-likeness (QED) is 0.757. The van der Waals surface area contributed by atoms with E-state index in [-0.39, 0.29) is 10.8 Å². The lowest BCUT2D eigenvalue weighted by Gasteiger charge is -2.36. The largest absolute Gasteiger partial charge is 0.470 e. The van der Waals surface area contributed by atoms with Crippen LogP contribution in [0, 0.1) is 10.8 Å². The van der Waals surface area contributed by atoms with Crippen molar-refractivity contribution in [2.45, 2.75) is 47.6 Å². The van der Waals surface area contributed by atoms with Crippen molar-refractivity contribution < 1.29 is 18.9 Å². The zero-order valence-corrected chi connectivity index (χ0v) is 14.0. The van der Waals surface area contributed by atoms with Gasteiger partial charge < -0.3 is 9.79 Å². The fourth-order valence-electron chi connectivity index (χ4n) is 2.06. The van der Waals surface area contributed by atoms with Gasteiger partial charge in [0.25, 0.3) is 0 Å². The number of hydrogen-bond donors (Lipinski definition) is 2. The van der Waals surface area contributed by atoms with Gasteiger partial charge in [-0.15, -0.1) is 0 Å². The average molecular weight is 300 g/mol. The maximum absolute atomic E-state index is 11.2. The lowest BCUT2D eigenvalue weighted by atomic mass is 9.73. The first kappa shape index (κ1) is 17.4. The van der Waals surface area contributed by atoms with Crippen LogP contribution in [0.5, 0.6) is 0 Å². The lowest BCUT2D eigenvalue weighted by Crippen LogP contribution is -2.29. The van der Waals surface area contributed by atoms with Crippen LogP contribution in [-0.2, 0) is 9.09 Å². The molecular weight excluding hydrogens is 275 g/mol. The van der Waals surface area contributed by atoms with Crippen molar-refractivity contribution in [2.24, 2.45) is 10.8 Å². The van der Waals surface area contributed by atoms with E-state index >= 15 is 0 Å². The summed E-state index contributed by atoms with van der Waals surface area (Å²) in [6, 6.07) is 0. The lowest BCUT2D eigenvalue weighted by molar-refractivity contribution is 0.161. The summed E-state index contributed by atoms with van der Waals surface area (Å²) in [5.74, 6) is 0. The number of rotatable bonds is 2. The third kappa shape index (κ3) is 4.42. The molecule has 0 heterocycles. The predicted molar refractivity (Wildman–Crippen MR) is 81.1 cm³/mol. The van der Waals surface area contributed by atoms with Crippen molar-refractivity contribution in [3.05, 3.63) is 35.5 Å². The summed E-state index contributed by atoms with van der Waals surface area (Å²) < 4.78 is 16.1. The van der Waals surface area contributed by atoms with Gasteiger partial charge in [0.15, 0.2) is 0 Å². The van der Waals surface area contributed by atoms with Crippen molar-refractivity contribution >= 4 is 7.82 Å². The van der Waals surface area contributed by atoms with Gasteiger partial charge in [0.1, 0.15) is 6.10 Å². The zero-order valence-electron chi connectivity index (χ0n) is 13.1. The van der Waals surface area contributed by atoms with Gasteiger partial charge in [0, 0.05) is 0 Å². The highest BCUT2D eigenvalue weighted by Crippen LogP contribution is 2.47. The van der Waals surface area contributed by atoms with Gasteiger partial charge in [-0.25, -0.2) is 4.57 Å². The Morgan fingerprint density at radius 2 is 1.60 bits per heavy atom.